The van der Waals surface area contributed by atoms with Gasteiger partial charge in [0.2, 0.25) is 5.00 Å². The number of hydrogen-bond acceptors (Lipinski definition) is 2. The van der Waals surface area contributed by atoms with Crippen molar-refractivity contribution in [1.29, 1.82) is 0 Å². The standard InChI is InChI=1S/C6H11Cl2F3N2.Pt/c1-2-4(7,3-12)5(8,13)6(9,10)11;/h2-3,12-13H2,1H3;. The van der Waals surface area contributed by atoms with Crippen molar-refractivity contribution in [1.82, 2.24) is 0 Å². The molecule has 14 heavy (non-hydrogen) atoms. The molecule has 0 bridgehead atoms. The molecule has 0 aliphatic heterocycles. The SMILES string of the molecule is CCC(Cl)(CN)C(N)(Cl)C(F)(F)F.[Pt]. The molecule has 0 rings (SSSR count). The fraction of sp³-hybridized carbons (Fsp3) is 1.00. The second kappa shape index (κ2) is 5.35. The normalized spacial score (nSPS) is 20.6. The van der Waals surface area contributed by atoms with Gasteiger partial charge in [0.15, 0.2) is 0 Å². The van der Waals surface area contributed by atoms with Gasteiger partial charge in [0.25, 0.3) is 0 Å². The van der Waals surface area contributed by atoms with Crippen LogP contribution in [0.2, 0.25) is 0 Å². The van der Waals surface area contributed by atoms with Crippen molar-refractivity contribution in [3.63, 3.8) is 0 Å². The van der Waals surface area contributed by atoms with Gasteiger partial charge in [-0.05, 0) is 6.42 Å². The summed E-state index contributed by atoms with van der Waals surface area (Å²) in [5.74, 6) is 0. The predicted octanol–water partition coefficient (Wildman–Crippen LogP) is 1.79. The average molecular weight is 434 g/mol. The third kappa shape index (κ3) is 2.98. The van der Waals surface area contributed by atoms with Crippen molar-refractivity contribution >= 4 is 23.2 Å². The zero-order valence-electron chi connectivity index (χ0n) is 7.27. The molecule has 0 aliphatic carbocycles. The zero-order valence-corrected chi connectivity index (χ0v) is 11.1. The van der Waals surface area contributed by atoms with Crippen LogP contribution in [0.25, 0.3) is 0 Å². The molecule has 0 radical (unpaired) electrons. The molecule has 0 aromatic rings. The van der Waals surface area contributed by atoms with E-state index in [-0.39, 0.29) is 27.5 Å². The monoisotopic (exact) mass is 433 g/mol. The number of hydrogen-bond donors (Lipinski definition) is 2. The molecule has 0 amide bonds. The molecule has 0 aromatic heterocycles. The van der Waals surface area contributed by atoms with Gasteiger partial charge in [-0.3, -0.25) is 0 Å². The molecule has 90 valence electrons. The summed E-state index contributed by atoms with van der Waals surface area (Å²) in [6.45, 7) is 1.00. The molecular formula is C6H11Cl2F3N2Pt. The Morgan fingerprint density at radius 3 is 1.64 bits per heavy atom. The molecule has 2 nitrogen and oxygen atoms in total. The van der Waals surface area contributed by atoms with Gasteiger partial charge in [0, 0.05) is 27.6 Å². The van der Waals surface area contributed by atoms with Crippen LogP contribution in [0, 0.1) is 0 Å². The van der Waals surface area contributed by atoms with Crippen molar-refractivity contribution in [2.75, 3.05) is 6.54 Å². The molecule has 4 N–H and O–H groups in total. The van der Waals surface area contributed by atoms with Gasteiger partial charge in [-0.15, -0.1) is 11.6 Å². The minimum Gasteiger partial charge on any atom is -0.329 e. The van der Waals surface area contributed by atoms with Crippen LogP contribution in [0.4, 0.5) is 13.2 Å². The van der Waals surface area contributed by atoms with Crippen LogP contribution in [0.15, 0.2) is 0 Å². The molecule has 0 aliphatic rings. The second-order valence-electron chi connectivity index (χ2n) is 2.73. The first-order valence-electron chi connectivity index (χ1n) is 3.56. The Labute approximate surface area is 105 Å². The quantitative estimate of drug-likeness (QED) is 0.526. The first-order chi connectivity index (χ1) is 5.62. The van der Waals surface area contributed by atoms with E-state index in [4.69, 9.17) is 34.7 Å². The summed E-state index contributed by atoms with van der Waals surface area (Å²) in [6, 6.07) is 0. The van der Waals surface area contributed by atoms with E-state index in [0.717, 1.165) is 0 Å². The van der Waals surface area contributed by atoms with Crippen LogP contribution in [-0.4, -0.2) is 22.6 Å². The summed E-state index contributed by atoms with van der Waals surface area (Å²) in [5.41, 5.74) is 10.0. The number of halogens is 5. The Bertz CT molecular complexity index is 182. The van der Waals surface area contributed by atoms with Crippen LogP contribution in [-0.2, 0) is 21.1 Å². The number of nitrogens with two attached hydrogens (primary N) is 2. The van der Waals surface area contributed by atoms with Crippen molar-refractivity contribution < 1.29 is 34.2 Å². The number of rotatable bonds is 3. The van der Waals surface area contributed by atoms with E-state index in [2.05, 4.69) is 0 Å². The maximum atomic E-state index is 12.3. The predicted molar refractivity (Wildman–Crippen MR) is 46.8 cm³/mol. The fourth-order valence-corrected chi connectivity index (χ4v) is 1.12. The molecule has 0 saturated heterocycles. The average Bonchev–Trinajstić information content (AvgIpc) is 2.00. The third-order valence-electron chi connectivity index (χ3n) is 1.95. The molecule has 0 spiro atoms. The van der Waals surface area contributed by atoms with E-state index < -0.39 is 22.6 Å². The van der Waals surface area contributed by atoms with Crippen molar-refractivity contribution in [3.8, 4) is 0 Å². The van der Waals surface area contributed by atoms with Crippen LogP contribution in [0.5, 0.6) is 0 Å². The Hall–Kier alpha value is 0.978. The summed E-state index contributed by atoms with van der Waals surface area (Å²) in [6.07, 6.45) is -4.85. The molecule has 0 saturated carbocycles. The van der Waals surface area contributed by atoms with Gasteiger partial charge < -0.3 is 11.5 Å². The Morgan fingerprint density at radius 2 is 1.57 bits per heavy atom. The first kappa shape index (κ1) is 17.4. The van der Waals surface area contributed by atoms with E-state index in [0.29, 0.717) is 0 Å². The fourth-order valence-electron chi connectivity index (χ4n) is 0.804. The summed E-state index contributed by atoms with van der Waals surface area (Å²) >= 11 is 10.7. The molecule has 2 unspecified atom stereocenters. The molecule has 0 aromatic carbocycles. The summed E-state index contributed by atoms with van der Waals surface area (Å²) in [4.78, 5) is -4.86. The van der Waals surface area contributed by atoms with Crippen molar-refractivity contribution in [3.05, 3.63) is 0 Å². The van der Waals surface area contributed by atoms with Gasteiger partial charge in [-0.25, -0.2) is 0 Å². The topological polar surface area (TPSA) is 52.0 Å². The van der Waals surface area contributed by atoms with E-state index in [1.54, 1.807) is 0 Å². The first-order valence-corrected chi connectivity index (χ1v) is 4.31. The van der Waals surface area contributed by atoms with E-state index in [1.165, 1.54) is 6.92 Å². The van der Waals surface area contributed by atoms with Gasteiger partial charge >= 0.3 is 6.18 Å². The molecular weight excluding hydrogens is 423 g/mol. The molecule has 0 fully saturated rings. The Balaban J connectivity index is 0. The van der Waals surface area contributed by atoms with Crippen LogP contribution < -0.4 is 11.5 Å². The largest absolute Gasteiger partial charge is 0.422 e. The zero-order chi connectivity index (χ0) is 10.9. The van der Waals surface area contributed by atoms with Crippen molar-refractivity contribution in [2.24, 2.45) is 11.5 Å². The van der Waals surface area contributed by atoms with Gasteiger partial charge in [0.1, 0.15) is 0 Å². The van der Waals surface area contributed by atoms with Crippen molar-refractivity contribution in [2.45, 2.75) is 29.4 Å². The maximum Gasteiger partial charge on any atom is 0.422 e. The van der Waals surface area contributed by atoms with E-state index >= 15 is 0 Å². The summed E-state index contributed by atoms with van der Waals surface area (Å²) < 4.78 is 36.9. The Morgan fingerprint density at radius 1 is 1.21 bits per heavy atom. The Kier molecular flexibility index (Phi) is 6.64. The van der Waals surface area contributed by atoms with Gasteiger partial charge in [-0.1, -0.05) is 18.5 Å². The molecule has 8 heteroatoms. The minimum atomic E-state index is -4.79. The summed E-state index contributed by atoms with van der Waals surface area (Å²) in [5, 5.41) is 0. The van der Waals surface area contributed by atoms with E-state index in [9.17, 15) is 13.2 Å². The molecule has 0 heterocycles. The summed E-state index contributed by atoms with van der Waals surface area (Å²) in [7, 11) is 0. The van der Waals surface area contributed by atoms with Gasteiger partial charge in [0.05, 0.1) is 4.87 Å². The maximum absolute atomic E-state index is 12.3. The second-order valence-corrected chi connectivity index (χ2v) is 4.05. The van der Waals surface area contributed by atoms with Gasteiger partial charge in [-0.2, -0.15) is 13.2 Å². The smallest absolute Gasteiger partial charge is 0.329 e. The number of alkyl halides is 5. The van der Waals surface area contributed by atoms with E-state index in [1.807, 2.05) is 0 Å². The van der Waals surface area contributed by atoms with Crippen LogP contribution in [0.1, 0.15) is 13.3 Å². The van der Waals surface area contributed by atoms with Crippen LogP contribution in [0.3, 0.4) is 0 Å². The van der Waals surface area contributed by atoms with Crippen LogP contribution >= 0.6 is 23.2 Å². The molecule has 2 atom stereocenters. The third-order valence-corrected chi connectivity index (χ3v) is 3.34. The minimum absolute atomic E-state index is 0.